The van der Waals surface area contributed by atoms with Crippen LogP contribution in [-0.4, -0.2) is 47.6 Å². The second-order valence-corrected chi connectivity index (χ2v) is 5.83. The lowest BCUT2D eigenvalue weighted by molar-refractivity contribution is 0.263. The number of nitrogens with one attached hydrogen (secondary N) is 2. The Morgan fingerprint density at radius 1 is 1.32 bits per heavy atom. The van der Waals surface area contributed by atoms with Crippen LogP contribution in [0.1, 0.15) is 26.2 Å². The van der Waals surface area contributed by atoms with E-state index in [-0.39, 0.29) is 0 Å². The van der Waals surface area contributed by atoms with Crippen molar-refractivity contribution in [3.8, 4) is 0 Å². The average Bonchev–Trinajstić information content (AvgIpc) is 2.42. The first kappa shape index (κ1) is 14.5. The van der Waals surface area contributed by atoms with Crippen molar-refractivity contribution in [1.82, 2.24) is 14.9 Å². The fraction of sp³-hybridized carbons (Fsp3) is 0.692. The fourth-order valence-electron chi connectivity index (χ4n) is 2.18. The molecule has 1 aromatic heterocycles. The number of halogens is 1. The molecule has 0 aliphatic carbocycles. The number of hydrogen-bond donors (Lipinski definition) is 2. The van der Waals surface area contributed by atoms with E-state index in [2.05, 4.69) is 55.4 Å². The highest BCUT2D eigenvalue weighted by atomic mass is 79.9. The summed E-state index contributed by atoms with van der Waals surface area (Å²) in [5.74, 6) is 1.76. The lowest BCUT2D eigenvalue weighted by atomic mass is 10.1. The number of likely N-dealkylation sites (tertiary alicyclic amines) is 1. The molecule has 0 radical (unpaired) electrons. The summed E-state index contributed by atoms with van der Waals surface area (Å²) in [7, 11) is 2.17. The van der Waals surface area contributed by atoms with Crippen LogP contribution in [0.2, 0.25) is 0 Å². The second-order valence-electron chi connectivity index (χ2n) is 5.03. The molecule has 1 fully saturated rings. The topological polar surface area (TPSA) is 53.1 Å². The molecule has 2 heterocycles. The quantitative estimate of drug-likeness (QED) is 0.870. The molecule has 1 aliphatic rings. The first-order valence-electron chi connectivity index (χ1n) is 6.90. The summed E-state index contributed by atoms with van der Waals surface area (Å²) < 4.78 is 0.933. The van der Waals surface area contributed by atoms with E-state index in [0.717, 1.165) is 55.0 Å². The number of hydrogen-bond acceptors (Lipinski definition) is 5. The van der Waals surface area contributed by atoms with Gasteiger partial charge in [0.2, 0.25) is 0 Å². The molecule has 0 aromatic carbocycles. The van der Waals surface area contributed by atoms with Gasteiger partial charge in [-0.15, -0.1) is 0 Å². The van der Waals surface area contributed by atoms with Crippen molar-refractivity contribution in [1.29, 1.82) is 0 Å². The zero-order valence-electron chi connectivity index (χ0n) is 11.6. The molecule has 2 N–H and O–H groups in total. The van der Waals surface area contributed by atoms with Gasteiger partial charge in [-0.05, 0) is 55.3 Å². The summed E-state index contributed by atoms with van der Waals surface area (Å²) in [6, 6.07) is 0.501. The molecule has 1 saturated heterocycles. The van der Waals surface area contributed by atoms with E-state index in [1.165, 1.54) is 0 Å². The van der Waals surface area contributed by atoms with Crippen LogP contribution in [0.25, 0.3) is 0 Å². The van der Waals surface area contributed by atoms with Gasteiger partial charge in [-0.25, -0.2) is 9.97 Å². The number of rotatable bonds is 5. The van der Waals surface area contributed by atoms with E-state index in [1.54, 1.807) is 6.33 Å². The maximum Gasteiger partial charge on any atom is 0.146 e. The van der Waals surface area contributed by atoms with Crippen LogP contribution in [0.15, 0.2) is 10.8 Å². The van der Waals surface area contributed by atoms with E-state index in [9.17, 15) is 0 Å². The molecular formula is C13H22BrN5. The van der Waals surface area contributed by atoms with Gasteiger partial charge in [0.15, 0.2) is 0 Å². The minimum Gasteiger partial charge on any atom is -0.369 e. The van der Waals surface area contributed by atoms with Crippen LogP contribution in [0.3, 0.4) is 0 Å². The number of anilines is 2. The predicted molar refractivity (Wildman–Crippen MR) is 82.7 cm³/mol. The molecular weight excluding hydrogens is 306 g/mol. The Bertz CT molecular complexity index is 404. The van der Waals surface area contributed by atoms with E-state index in [4.69, 9.17) is 0 Å². The Balaban J connectivity index is 1.99. The van der Waals surface area contributed by atoms with Crippen LogP contribution in [0.4, 0.5) is 11.6 Å². The van der Waals surface area contributed by atoms with Crippen LogP contribution in [0, 0.1) is 0 Å². The van der Waals surface area contributed by atoms with Crippen LogP contribution in [-0.2, 0) is 0 Å². The Morgan fingerprint density at radius 3 is 2.68 bits per heavy atom. The van der Waals surface area contributed by atoms with Crippen LogP contribution in [0.5, 0.6) is 0 Å². The van der Waals surface area contributed by atoms with E-state index < -0.39 is 0 Å². The van der Waals surface area contributed by atoms with Crippen molar-refractivity contribution >= 4 is 27.6 Å². The van der Waals surface area contributed by atoms with Gasteiger partial charge in [-0.1, -0.05) is 6.92 Å². The molecule has 19 heavy (non-hydrogen) atoms. The minimum atomic E-state index is 0.501. The van der Waals surface area contributed by atoms with Crippen molar-refractivity contribution in [2.45, 2.75) is 32.2 Å². The highest BCUT2D eigenvalue weighted by Gasteiger charge is 2.18. The summed E-state index contributed by atoms with van der Waals surface area (Å²) in [4.78, 5) is 11.0. The summed E-state index contributed by atoms with van der Waals surface area (Å²) in [5.41, 5.74) is 0. The lowest BCUT2D eigenvalue weighted by Gasteiger charge is -2.30. The molecule has 0 saturated carbocycles. The van der Waals surface area contributed by atoms with Crippen molar-refractivity contribution in [3.05, 3.63) is 10.8 Å². The standard InChI is InChI=1S/C13H22BrN5/c1-3-6-15-12-11(14)13(17-9-16-12)18-10-4-7-19(2)8-5-10/h9-10H,3-8H2,1-2H3,(H2,15,16,17,18). The monoisotopic (exact) mass is 327 g/mol. The largest absolute Gasteiger partial charge is 0.369 e. The van der Waals surface area contributed by atoms with Gasteiger partial charge in [-0.3, -0.25) is 0 Å². The zero-order valence-corrected chi connectivity index (χ0v) is 13.2. The first-order valence-corrected chi connectivity index (χ1v) is 7.69. The number of aromatic nitrogens is 2. The smallest absolute Gasteiger partial charge is 0.146 e. The van der Waals surface area contributed by atoms with Crippen LogP contribution >= 0.6 is 15.9 Å². The van der Waals surface area contributed by atoms with Gasteiger partial charge in [0.1, 0.15) is 22.4 Å². The Labute approximate surface area is 123 Å². The van der Waals surface area contributed by atoms with Crippen molar-refractivity contribution < 1.29 is 0 Å². The summed E-state index contributed by atoms with van der Waals surface area (Å²) in [6.07, 6.45) is 5.00. The third-order valence-corrected chi connectivity index (χ3v) is 4.14. The first-order chi connectivity index (χ1) is 9.20. The summed E-state index contributed by atoms with van der Waals surface area (Å²) in [6.45, 7) is 5.34. The normalized spacial score (nSPS) is 17.4. The number of nitrogens with zero attached hydrogens (tertiary/aromatic N) is 3. The highest BCUT2D eigenvalue weighted by molar-refractivity contribution is 9.10. The molecule has 0 amide bonds. The SMILES string of the molecule is CCCNc1ncnc(NC2CCN(C)CC2)c1Br. The van der Waals surface area contributed by atoms with Crippen molar-refractivity contribution in [3.63, 3.8) is 0 Å². The van der Waals surface area contributed by atoms with Gasteiger partial charge in [0.05, 0.1) is 0 Å². The third-order valence-electron chi connectivity index (χ3n) is 3.39. The molecule has 106 valence electrons. The minimum absolute atomic E-state index is 0.501. The highest BCUT2D eigenvalue weighted by Crippen LogP contribution is 2.28. The molecule has 1 aromatic rings. The molecule has 5 nitrogen and oxygen atoms in total. The molecule has 2 rings (SSSR count). The molecule has 6 heteroatoms. The molecule has 0 bridgehead atoms. The average molecular weight is 328 g/mol. The van der Waals surface area contributed by atoms with Gasteiger partial charge in [-0.2, -0.15) is 0 Å². The number of piperidine rings is 1. The second kappa shape index (κ2) is 7.05. The maximum absolute atomic E-state index is 4.34. The molecule has 0 atom stereocenters. The van der Waals surface area contributed by atoms with Crippen molar-refractivity contribution in [2.24, 2.45) is 0 Å². The van der Waals surface area contributed by atoms with Crippen molar-refractivity contribution in [2.75, 3.05) is 37.3 Å². The van der Waals surface area contributed by atoms with Crippen LogP contribution < -0.4 is 10.6 Å². The Kier molecular flexibility index (Phi) is 5.39. The molecule has 0 spiro atoms. The maximum atomic E-state index is 4.34. The van der Waals surface area contributed by atoms with Gasteiger partial charge < -0.3 is 15.5 Å². The summed E-state index contributed by atoms with van der Waals surface area (Å²) in [5, 5.41) is 6.82. The van der Waals surface area contributed by atoms with E-state index in [1.807, 2.05) is 0 Å². The Hall–Kier alpha value is -0.880. The van der Waals surface area contributed by atoms with E-state index in [0.29, 0.717) is 6.04 Å². The molecule has 1 aliphatic heterocycles. The van der Waals surface area contributed by atoms with Gasteiger partial charge in [0.25, 0.3) is 0 Å². The third kappa shape index (κ3) is 4.04. The predicted octanol–water partition coefficient (Wildman–Crippen LogP) is 2.57. The zero-order chi connectivity index (χ0) is 13.7. The summed E-state index contributed by atoms with van der Waals surface area (Å²) >= 11 is 3.59. The van der Waals surface area contributed by atoms with Gasteiger partial charge in [0, 0.05) is 12.6 Å². The molecule has 0 unspecified atom stereocenters. The van der Waals surface area contributed by atoms with Gasteiger partial charge >= 0.3 is 0 Å². The lowest BCUT2D eigenvalue weighted by Crippen LogP contribution is -2.37. The Morgan fingerprint density at radius 2 is 2.00 bits per heavy atom. The van der Waals surface area contributed by atoms with E-state index >= 15 is 0 Å². The fourth-order valence-corrected chi connectivity index (χ4v) is 2.64.